The lowest BCUT2D eigenvalue weighted by molar-refractivity contribution is 0.102. The van der Waals surface area contributed by atoms with Gasteiger partial charge in [-0.2, -0.15) is 0 Å². The van der Waals surface area contributed by atoms with Crippen LogP contribution < -0.4 is 14.8 Å². The fraction of sp³-hybridized carbons (Fsp3) is 0.250. The van der Waals surface area contributed by atoms with Crippen LogP contribution in [-0.2, 0) is 0 Å². The molecule has 11 heteroatoms. The maximum absolute atomic E-state index is 12.6. The standard InChI is InChI=1S/C16H14F2N4O3S2/c1-7-11(13(23)20-16-22-21-15(27-16)12(17)18)26-14(19-7)8-4-5-9(24-2)10(6-8)25-3/h4-6,12H,1-3H3,(H,20,22,23). The van der Waals surface area contributed by atoms with Crippen molar-refractivity contribution in [3.05, 3.63) is 33.8 Å². The van der Waals surface area contributed by atoms with E-state index in [1.807, 2.05) is 0 Å². The second-order valence-corrected chi connectivity index (χ2v) is 7.21. The lowest BCUT2D eigenvalue weighted by atomic mass is 10.2. The van der Waals surface area contributed by atoms with E-state index in [-0.39, 0.29) is 5.13 Å². The minimum absolute atomic E-state index is 0.00997. The van der Waals surface area contributed by atoms with Crippen LogP contribution in [0.2, 0.25) is 0 Å². The minimum Gasteiger partial charge on any atom is -0.493 e. The smallest absolute Gasteiger partial charge is 0.291 e. The van der Waals surface area contributed by atoms with E-state index >= 15 is 0 Å². The Kier molecular flexibility index (Phi) is 5.61. The Bertz CT molecular complexity index is 974. The van der Waals surface area contributed by atoms with E-state index < -0.39 is 17.3 Å². The Labute approximate surface area is 161 Å². The van der Waals surface area contributed by atoms with E-state index in [1.54, 1.807) is 32.2 Å². The lowest BCUT2D eigenvalue weighted by Crippen LogP contribution is -2.11. The molecule has 142 valence electrons. The average Bonchev–Trinajstić information content (AvgIpc) is 3.28. The third-order valence-corrected chi connectivity index (χ3v) is 5.53. The first-order chi connectivity index (χ1) is 12.9. The van der Waals surface area contributed by atoms with E-state index in [1.165, 1.54) is 18.4 Å². The number of rotatable bonds is 6. The molecule has 1 amide bonds. The topological polar surface area (TPSA) is 86.2 Å². The Morgan fingerprint density at radius 3 is 2.52 bits per heavy atom. The van der Waals surface area contributed by atoms with Crippen LogP contribution in [0.3, 0.4) is 0 Å². The van der Waals surface area contributed by atoms with E-state index in [4.69, 9.17) is 9.47 Å². The van der Waals surface area contributed by atoms with Gasteiger partial charge in [0.2, 0.25) is 5.13 Å². The Hall–Kier alpha value is -2.66. The van der Waals surface area contributed by atoms with Crippen molar-refractivity contribution in [1.82, 2.24) is 15.2 Å². The molecule has 0 saturated heterocycles. The number of ether oxygens (including phenoxy) is 2. The van der Waals surface area contributed by atoms with Gasteiger partial charge < -0.3 is 9.47 Å². The van der Waals surface area contributed by atoms with Crippen molar-refractivity contribution in [1.29, 1.82) is 0 Å². The fourth-order valence-electron chi connectivity index (χ4n) is 2.23. The Balaban J connectivity index is 1.84. The van der Waals surface area contributed by atoms with Gasteiger partial charge in [-0.1, -0.05) is 11.3 Å². The zero-order valence-electron chi connectivity index (χ0n) is 14.4. The molecule has 7 nitrogen and oxygen atoms in total. The van der Waals surface area contributed by atoms with Gasteiger partial charge >= 0.3 is 0 Å². The number of aryl methyl sites for hydroxylation is 1. The van der Waals surface area contributed by atoms with Crippen LogP contribution in [0.25, 0.3) is 10.6 Å². The summed E-state index contributed by atoms with van der Waals surface area (Å²) in [4.78, 5) is 17.2. The van der Waals surface area contributed by atoms with Gasteiger partial charge in [-0.3, -0.25) is 10.1 Å². The summed E-state index contributed by atoms with van der Waals surface area (Å²) in [5.74, 6) is 0.648. The summed E-state index contributed by atoms with van der Waals surface area (Å²) >= 11 is 1.81. The molecule has 0 saturated carbocycles. The monoisotopic (exact) mass is 412 g/mol. The first-order valence-corrected chi connectivity index (χ1v) is 9.19. The number of hydrogen-bond donors (Lipinski definition) is 1. The molecule has 0 aliphatic rings. The van der Waals surface area contributed by atoms with Crippen LogP contribution in [0.5, 0.6) is 11.5 Å². The molecule has 27 heavy (non-hydrogen) atoms. The number of aromatic nitrogens is 3. The molecule has 0 radical (unpaired) electrons. The molecule has 0 unspecified atom stereocenters. The number of anilines is 1. The highest BCUT2D eigenvalue weighted by molar-refractivity contribution is 7.17. The van der Waals surface area contributed by atoms with E-state index in [0.29, 0.717) is 38.4 Å². The second-order valence-electron chi connectivity index (χ2n) is 5.20. The van der Waals surface area contributed by atoms with Crippen LogP contribution >= 0.6 is 22.7 Å². The quantitative estimate of drug-likeness (QED) is 0.654. The molecule has 2 heterocycles. The summed E-state index contributed by atoms with van der Waals surface area (Å²) in [6.45, 7) is 1.69. The fourth-order valence-corrected chi connectivity index (χ4v) is 3.78. The van der Waals surface area contributed by atoms with Crippen molar-refractivity contribution in [2.45, 2.75) is 13.3 Å². The number of nitrogens with zero attached hydrogens (tertiary/aromatic N) is 3. The minimum atomic E-state index is -2.73. The number of methoxy groups -OCH3 is 2. The van der Waals surface area contributed by atoms with Gasteiger partial charge in [-0.25, -0.2) is 13.8 Å². The number of carbonyl (C=O) groups is 1. The summed E-state index contributed by atoms with van der Waals surface area (Å²) < 4.78 is 35.6. The van der Waals surface area contributed by atoms with Crippen LogP contribution in [-0.4, -0.2) is 35.3 Å². The second kappa shape index (κ2) is 7.92. The molecule has 2 aromatic heterocycles. The Morgan fingerprint density at radius 2 is 1.89 bits per heavy atom. The van der Waals surface area contributed by atoms with Gasteiger partial charge in [0.25, 0.3) is 12.3 Å². The maximum atomic E-state index is 12.6. The molecule has 3 rings (SSSR count). The highest BCUT2D eigenvalue weighted by Gasteiger charge is 2.20. The molecular weight excluding hydrogens is 398 g/mol. The van der Waals surface area contributed by atoms with Gasteiger partial charge in [-0.05, 0) is 25.1 Å². The predicted octanol–water partition coefficient (Wildman–Crippen LogP) is 4.18. The molecule has 0 fully saturated rings. The van der Waals surface area contributed by atoms with Gasteiger partial charge in [0, 0.05) is 5.56 Å². The number of thiazole rings is 1. The first kappa shape index (κ1) is 19.1. The summed E-state index contributed by atoms with van der Waals surface area (Å²) in [6.07, 6.45) is -2.73. The van der Waals surface area contributed by atoms with Gasteiger partial charge in [-0.15, -0.1) is 21.5 Å². The highest BCUT2D eigenvalue weighted by atomic mass is 32.1. The molecule has 0 spiro atoms. The van der Waals surface area contributed by atoms with Crippen LogP contribution in [0.4, 0.5) is 13.9 Å². The number of nitrogens with one attached hydrogen (secondary N) is 1. The van der Waals surface area contributed by atoms with Crippen LogP contribution in [0.15, 0.2) is 18.2 Å². The van der Waals surface area contributed by atoms with E-state index in [0.717, 1.165) is 5.56 Å². The first-order valence-electron chi connectivity index (χ1n) is 7.55. The number of benzene rings is 1. The SMILES string of the molecule is COc1ccc(-c2nc(C)c(C(=O)Nc3nnc(C(F)F)s3)s2)cc1OC. The molecular formula is C16H14F2N4O3S2. The van der Waals surface area contributed by atoms with Gasteiger partial charge in [0.15, 0.2) is 16.5 Å². The van der Waals surface area contributed by atoms with Crippen LogP contribution in [0, 0.1) is 6.92 Å². The van der Waals surface area contributed by atoms with Crippen molar-refractivity contribution in [2.24, 2.45) is 0 Å². The van der Waals surface area contributed by atoms with Crippen molar-refractivity contribution >= 4 is 33.7 Å². The number of carbonyl (C=O) groups excluding carboxylic acids is 1. The number of hydrogen-bond acceptors (Lipinski definition) is 8. The third kappa shape index (κ3) is 4.03. The van der Waals surface area contributed by atoms with Crippen molar-refractivity contribution in [3.63, 3.8) is 0 Å². The molecule has 0 aliphatic heterocycles. The normalized spacial score (nSPS) is 10.9. The molecule has 0 aliphatic carbocycles. The summed E-state index contributed by atoms with van der Waals surface area (Å²) in [6, 6.07) is 5.32. The van der Waals surface area contributed by atoms with Crippen molar-refractivity contribution in [3.8, 4) is 22.1 Å². The van der Waals surface area contributed by atoms with Crippen molar-refractivity contribution < 1.29 is 23.0 Å². The Morgan fingerprint density at radius 1 is 1.15 bits per heavy atom. The number of alkyl halides is 2. The molecule has 1 aromatic carbocycles. The van der Waals surface area contributed by atoms with E-state index in [2.05, 4.69) is 20.5 Å². The molecule has 3 aromatic rings. The van der Waals surface area contributed by atoms with Crippen molar-refractivity contribution in [2.75, 3.05) is 19.5 Å². The molecule has 1 N–H and O–H groups in total. The third-order valence-electron chi connectivity index (χ3n) is 3.48. The predicted molar refractivity (Wildman–Crippen MR) is 98.2 cm³/mol. The molecule has 0 atom stereocenters. The average molecular weight is 412 g/mol. The highest BCUT2D eigenvalue weighted by Crippen LogP contribution is 2.35. The van der Waals surface area contributed by atoms with Gasteiger partial charge in [0.05, 0.1) is 19.9 Å². The summed E-state index contributed by atoms with van der Waals surface area (Å²) in [5, 5.41) is 9.54. The number of halogens is 2. The maximum Gasteiger partial charge on any atom is 0.291 e. The number of amides is 1. The lowest BCUT2D eigenvalue weighted by Gasteiger charge is -2.08. The zero-order valence-corrected chi connectivity index (χ0v) is 16.1. The zero-order chi connectivity index (χ0) is 19.6. The van der Waals surface area contributed by atoms with Gasteiger partial charge in [0.1, 0.15) is 9.88 Å². The van der Waals surface area contributed by atoms with Crippen LogP contribution in [0.1, 0.15) is 26.8 Å². The van der Waals surface area contributed by atoms with E-state index in [9.17, 15) is 13.6 Å². The largest absolute Gasteiger partial charge is 0.493 e. The summed E-state index contributed by atoms with van der Waals surface area (Å²) in [5.41, 5.74) is 1.27. The molecule has 0 bridgehead atoms. The summed E-state index contributed by atoms with van der Waals surface area (Å²) in [7, 11) is 3.07.